The lowest BCUT2D eigenvalue weighted by atomic mass is 10.2. The fourth-order valence-corrected chi connectivity index (χ4v) is 4.62. The first kappa shape index (κ1) is 21.9. The summed E-state index contributed by atoms with van der Waals surface area (Å²) in [7, 11) is 0. The number of benzene rings is 4. The number of nitrogens with zero attached hydrogens (tertiary/aromatic N) is 3. The molecule has 7 aromatic rings. The second kappa shape index (κ2) is 9.26. The Morgan fingerprint density at radius 1 is 0.579 bits per heavy atom. The van der Waals surface area contributed by atoms with Gasteiger partial charge in [-0.3, -0.25) is 4.57 Å². The van der Waals surface area contributed by atoms with Crippen molar-refractivity contribution in [2.45, 2.75) is 0 Å². The highest BCUT2D eigenvalue weighted by molar-refractivity contribution is 6.08. The van der Waals surface area contributed by atoms with Gasteiger partial charge in [0.15, 0.2) is 0 Å². The number of hydrogen-bond acceptors (Lipinski definition) is 5. The van der Waals surface area contributed by atoms with Crippen molar-refractivity contribution in [3.8, 4) is 40.5 Å². The quantitative estimate of drug-likeness (QED) is 0.232. The maximum Gasteiger partial charge on any atom is 0.228 e. The van der Waals surface area contributed by atoms with E-state index in [9.17, 15) is 0 Å². The summed E-state index contributed by atoms with van der Waals surface area (Å²) in [5.41, 5.74) is 2.96. The average Bonchev–Trinajstić information content (AvgIpc) is 3.57. The summed E-state index contributed by atoms with van der Waals surface area (Å²) in [4.78, 5) is 8.80. The van der Waals surface area contributed by atoms with Gasteiger partial charge in [-0.25, -0.2) is 9.97 Å². The van der Waals surface area contributed by atoms with E-state index in [-0.39, 0.29) is 0 Å². The van der Waals surface area contributed by atoms with Crippen LogP contribution in [-0.2, 0) is 0 Å². The third kappa shape index (κ3) is 4.04. The second-order valence-electron chi connectivity index (χ2n) is 8.75. The molecule has 0 saturated carbocycles. The van der Waals surface area contributed by atoms with E-state index in [0.717, 1.165) is 16.6 Å². The van der Waals surface area contributed by atoms with Crippen LogP contribution in [-0.4, -0.2) is 14.5 Å². The van der Waals surface area contributed by atoms with E-state index in [1.165, 1.54) is 10.8 Å². The summed E-state index contributed by atoms with van der Waals surface area (Å²) in [5, 5.41) is 2.34. The summed E-state index contributed by atoms with van der Waals surface area (Å²) in [5.74, 6) is 3.64. The lowest BCUT2D eigenvalue weighted by Gasteiger charge is -2.09. The van der Waals surface area contributed by atoms with E-state index in [0.29, 0.717) is 34.9 Å². The lowest BCUT2D eigenvalue weighted by Crippen LogP contribution is -1.90. The van der Waals surface area contributed by atoms with Crippen molar-refractivity contribution in [3.63, 3.8) is 0 Å². The number of rotatable bonds is 6. The zero-order valence-electron chi connectivity index (χ0n) is 20.2. The summed E-state index contributed by atoms with van der Waals surface area (Å²) >= 11 is 0. The molecule has 0 amide bonds. The van der Waals surface area contributed by atoms with Crippen LogP contribution in [0, 0.1) is 0 Å². The van der Waals surface area contributed by atoms with Crippen LogP contribution in [0.5, 0.6) is 23.1 Å². The summed E-state index contributed by atoms with van der Waals surface area (Å²) in [6.45, 7) is 0. The molecule has 0 fully saturated rings. The standard InChI is InChI=1S/C32H21N3O3/c1-3-15-28-26(13-1)27-14-2-4-16-29(27)35(28)31-21-34-32(38-31)22-9-7-10-23(19-22)36-24-11-8-12-25(20-24)37-30-17-5-6-18-33-30/h1-21H. The molecule has 4 aromatic carbocycles. The lowest BCUT2D eigenvalue weighted by molar-refractivity contribution is 0.449. The van der Waals surface area contributed by atoms with Crippen molar-refractivity contribution in [3.05, 3.63) is 128 Å². The molecule has 3 heterocycles. The Balaban J connectivity index is 1.18. The van der Waals surface area contributed by atoms with Crippen LogP contribution >= 0.6 is 0 Å². The van der Waals surface area contributed by atoms with Crippen LogP contribution in [0.15, 0.2) is 132 Å². The molecule has 3 aromatic heterocycles. The van der Waals surface area contributed by atoms with Gasteiger partial charge in [0.1, 0.15) is 17.2 Å². The Morgan fingerprint density at radius 3 is 1.97 bits per heavy atom. The fraction of sp³-hybridized carbons (Fsp3) is 0. The van der Waals surface area contributed by atoms with Gasteiger partial charge in [0.25, 0.3) is 0 Å². The SMILES string of the molecule is c1ccc(Oc2cccc(Oc3cccc(-c4ncc(-n5c6ccccc6c6ccccc65)o4)c3)c2)nc1. The van der Waals surface area contributed by atoms with E-state index in [1.807, 2.05) is 72.8 Å². The highest BCUT2D eigenvalue weighted by Crippen LogP contribution is 2.34. The first-order valence-corrected chi connectivity index (χ1v) is 12.2. The molecule has 6 heteroatoms. The van der Waals surface area contributed by atoms with Crippen molar-refractivity contribution in [2.75, 3.05) is 0 Å². The highest BCUT2D eigenvalue weighted by Gasteiger charge is 2.16. The van der Waals surface area contributed by atoms with E-state index >= 15 is 0 Å². The summed E-state index contributed by atoms with van der Waals surface area (Å²) in [6.07, 6.45) is 3.46. The van der Waals surface area contributed by atoms with Crippen molar-refractivity contribution < 1.29 is 13.9 Å². The van der Waals surface area contributed by atoms with Gasteiger partial charge < -0.3 is 13.9 Å². The molecule has 0 aliphatic carbocycles. The van der Waals surface area contributed by atoms with E-state index < -0.39 is 0 Å². The Bertz CT molecular complexity index is 1840. The minimum absolute atomic E-state index is 0.513. The molecule has 6 nitrogen and oxygen atoms in total. The highest BCUT2D eigenvalue weighted by atomic mass is 16.5. The van der Waals surface area contributed by atoms with Gasteiger partial charge in [0.2, 0.25) is 17.7 Å². The topological polar surface area (TPSA) is 62.3 Å². The first-order valence-electron chi connectivity index (χ1n) is 12.2. The summed E-state index contributed by atoms with van der Waals surface area (Å²) in [6, 6.07) is 37.3. The fourth-order valence-electron chi connectivity index (χ4n) is 4.62. The number of aromatic nitrogens is 3. The molecule has 0 saturated heterocycles. The maximum absolute atomic E-state index is 6.29. The van der Waals surface area contributed by atoms with Crippen molar-refractivity contribution in [1.29, 1.82) is 0 Å². The molecule has 38 heavy (non-hydrogen) atoms. The van der Waals surface area contributed by atoms with Crippen LogP contribution in [0.4, 0.5) is 0 Å². The van der Waals surface area contributed by atoms with Gasteiger partial charge in [-0.1, -0.05) is 54.6 Å². The molecule has 0 atom stereocenters. The zero-order chi connectivity index (χ0) is 25.3. The Kier molecular flexibility index (Phi) is 5.33. The van der Waals surface area contributed by atoms with Gasteiger partial charge in [-0.15, -0.1) is 0 Å². The molecule has 0 spiro atoms. The number of hydrogen-bond donors (Lipinski definition) is 0. The normalized spacial score (nSPS) is 11.2. The first-order chi connectivity index (χ1) is 18.8. The van der Waals surface area contributed by atoms with Crippen LogP contribution in [0.2, 0.25) is 0 Å². The van der Waals surface area contributed by atoms with Gasteiger partial charge in [-0.2, -0.15) is 0 Å². The van der Waals surface area contributed by atoms with Crippen LogP contribution in [0.1, 0.15) is 0 Å². The molecule has 0 N–H and O–H groups in total. The van der Waals surface area contributed by atoms with Crippen LogP contribution < -0.4 is 9.47 Å². The van der Waals surface area contributed by atoms with E-state index in [2.05, 4.69) is 50.9 Å². The molecular weight excluding hydrogens is 474 g/mol. The number of ether oxygens (including phenoxy) is 2. The molecule has 0 bridgehead atoms. The molecule has 182 valence electrons. The predicted octanol–water partition coefficient (Wildman–Crippen LogP) is 8.42. The monoisotopic (exact) mass is 495 g/mol. The minimum Gasteiger partial charge on any atom is -0.457 e. The van der Waals surface area contributed by atoms with Gasteiger partial charge >= 0.3 is 0 Å². The van der Waals surface area contributed by atoms with Gasteiger partial charge in [0, 0.05) is 34.7 Å². The predicted molar refractivity (Wildman–Crippen MR) is 147 cm³/mol. The molecule has 0 aliphatic heterocycles. The number of oxazole rings is 1. The molecule has 0 aliphatic rings. The molecule has 0 radical (unpaired) electrons. The third-order valence-electron chi connectivity index (χ3n) is 6.28. The van der Waals surface area contributed by atoms with Crippen molar-refractivity contribution in [1.82, 2.24) is 14.5 Å². The van der Waals surface area contributed by atoms with Gasteiger partial charge in [0.05, 0.1) is 17.2 Å². The molecular formula is C32H21N3O3. The maximum atomic E-state index is 6.29. The third-order valence-corrected chi connectivity index (χ3v) is 6.28. The second-order valence-corrected chi connectivity index (χ2v) is 8.75. The Hall–Kier alpha value is -5.36. The largest absolute Gasteiger partial charge is 0.457 e. The van der Waals surface area contributed by atoms with Gasteiger partial charge in [-0.05, 0) is 48.5 Å². The molecule has 7 rings (SSSR count). The number of pyridine rings is 1. The number of para-hydroxylation sites is 2. The van der Waals surface area contributed by atoms with E-state index in [1.54, 1.807) is 18.5 Å². The zero-order valence-corrected chi connectivity index (χ0v) is 20.2. The smallest absolute Gasteiger partial charge is 0.228 e. The Morgan fingerprint density at radius 2 is 1.24 bits per heavy atom. The molecule has 0 unspecified atom stereocenters. The van der Waals surface area contributed by atoms with Crippen LogP contribution in [0.25, 0.3) is 39.1 Å². The van der Waals surface area contributed by atoms with E-state index in [4.69, 9.17) is 13.9 Å². The van der Waals surface area contributed by atoms with Crippen molar-refractivity contribution >= 4 is 21.8 Å². The average molecular weight is 496 g/mol. The van der Waals surface area contributed by atoms with Crippen LogP contribution in [0.3, 0.4) is 0 Å². The Labute approximate surface area is 218 Å². The number of fused-ring (bicyclic) bond motifs is 3. The summed E-state index contributed by atoms with van der Waals surface area (Å²) < 4.78 is 20.4. The minimum atomic E-state index is 0.513. The van der Waals surface area contributed by atoms with Crippen molar-refractivity contribution in [2.24, 2.45) is 0 Å².